The molecule has 0 bridgehead atoms. The van der Waals surface area contributed by atoms with Crippen LogP contribution in [0.25, 0.3) is 11.2 Å². The summed E-state index contributed by atoms with van der Waals surface area (Å²) in [5, 5.41) is 4.15. The van der Waals surface area contributed by atoms with E-state index in [-0.39, 0.29) is 5.65 Å². The van der Waals surface area contributed by atoms with Crippen LogP contribution >= 0.6 is 0 Å². The van der Waals surface area contributed by atoms with Crippen LogP contribution in [-0.2, 0) is 21.1 Å². The second kappa shape index (κ2) is 6.98. The Morgan fingerprint density at radius 2 is 1.74 bits per heavy atom. The summed E-state index contributed by atoms with van der Waals surface area (Å²) in [5.74, 6) is 1.54. The fourth-order valence-electron chi connectivity index (χ4n) is 2.72. The Kier molecular flexibility index (Phi) is 4.72. The molecule has 142 valence electrons. The van der Waals surface area contributed by atoms with E-state index in [0.717, 1.165) is 10.1 Å². The zero-order chi connectivity index (χ0) is 19.7. The molecule has 0 aliphatic heterocycles. The van der Waals surface area contributed by atoms with Gasteiger partial charge in [0.05, 0.1) is 20.4 Å². The molecule has 0 atom stereocenters. The van der Waals surface area contributed by atoms with Gasteiger partial charge in [0.25, 0.3) is 5.56 Å². The average molecular weight is 372 g/mol. The van der Waals surface area contributed by atoms with Gasteiger partial charge >= 0.3 is 5.69 Å². The van der Waals surface area contributed by atoms with Crippen LogP contribution in [0.3, 0.4) is 0 Å². The number of rotatable bonds is 5. The van der Waals surface area contributed by atoms with E-state index < -0.39 is 11.2 Å². The zero-order valence-corrected chi connectivity index (χ0v) is 15.7. The van der Waals surface area contributed by atoms with E-state index in [9.17, 15) is 9.59 Å². The molecule has 3 rings (SSSR count). The largest absolute Gasteiger partial charge is 0.493 e. The van der Waals surface area contributed by atoms with Gasteiger partial charge in [-0.25, -0.2) is 10.2 Å². The van der Waals surface area contributed by atoms with Crippen LogP contribution in [0.15, 0.2) is 32.9 Å². The van der Waals surface area contributed by atoms with Gasteiger partial charge in [0.2, 0.25) is 5.95 Å². The van der Waals surface area contributed by atoms with Crippen molar-refractivity contribution < 1.29 is 9.47 Å². The van der Waals surface area contributed by atoms with Gasteiger partial charge in [-0.05, 0) is 23.8 Å². The SMILES string of the molecule is COc1ccc(/C=N\Nc2nc3c(c(=O)n(C)c(=O)n3C)n2C)cc1OC. The molecule has 1 aromatic carbocycles. The second-order valence-electron chi connectivity index (χ2n) is 5.86. The fourth-order valence-corrected chi connectivity index (χ4v) is 2.72. The molecule has 0 fully saturated rings. The van der Waals surface area contributed by atoms with Crippen LogP contribution in [0.4, 0.5) is 5.95 Å². The topological polar surface area (TPSA) is 105 Å². The quantitative estimate of drug-likeness (QED) is 0.515. The second-order valence-corrected chi connectivity index (χ2v) is 5.86. The number of anilines is 1. The lowest BCUT2D eigenvalue weighted by Crippen LogP contribution is -2.37. The highest BCUT2D eigenvalue weighted by atomic mass is 16.5. The Labute approximate surface area is 154 Å². The van der Waals surface area contributed by atoms with E-state index in [1.54, 1.807) is 51.2 Å². The van der Waals surface area contributed by atoms with Crippen molar-refractivity contribution in [3.63, 3.8) is 0 Å². The van der Waals surface area contributed by atoms with Gasteiger partial charge < -0.3 is 14.0 Å². The lowest BCUT2D eigenvalue weighted by atomic mass is 10.2. The van der Waals surface area contributed by atoms with E-state index in [1.807, 2.05) is 6.07 Å². The smallest absolute Gasteiger partial charge is 0.332 e. The normalized spacial score (nSPS) is 11.3. The Bertz CT molecular complexity index is 1150. The number of benzene rings is 1. The molecule has 0 aliphatic rings. The molecule has 0 spiro atoms. The Morgan fingerprint density at radius 1 is 1.04 bits per heavy atom. The highest BCUT2D eigenvalue weighted by Gasteiger charge is 2.16. The van der Waals surface area contributed by atoms with Crippen molar-refractivity contribution in [3.05, 3.63) is 44.6 Å². The standard InChI is InChI=1S/C17H20N6O4/c1-21-13-14(22(2)17(25)23(3)15(13)24)19-16(21)20-18-9-10-6-7-11(26-4)12(8-10)27-5/h6-9H,1-5H3,(H,19,20)/b18-9-. The van der Waals surface area contributed by atoms with Crippen molar-refractivity contribution in [2.24, 2.45) is 26.2 Å². The van der Waals surface area contributed by atoms with E-state index in [1.165, 1.54) is 11.6 Å². The first-order valence-electron chi connectivity index (χ1n) is 8.02. The van der Waals surface area contributed by atoms with Crippen molar-refractivity contribution in [3.8, 4) is 11.5 Å². The summed E-state index contributed by atoms with van der Waals surface area (Å²) in [5.41, 5.74) is 3.32. The van der Waals surface area contributed by atoms with E-state index in [0.29, 0.717) is 23.0 Å². The Balaban J connectivity index is 1.94. The molecule has 0 amide bonds. The predicted molar refractivity (Wildman–Crippen MR) is 102 cm³/mol. The first-order valence-corrected chi connectivity index (χ1v) is 8.02. The van der Waals surface area contributed by atoms with Crippen molar-refractivity contribution in [2.45, 2.75) is 0 Å². The number of methoxy groups -OCH3 is 2. The van der Waals surface area contributed by atoms with Gasteiger partial charge in [0.1, 0.15) is 0 Å². The number of hydrazone groups is 1. The third kappa shape index (κ3) is 3.05. The van der Waals surface area contributed by atoms with Crippen LogP contribution in [-0.4, -0.2) is 39.1 Å². The van der Waals surface area contributed by atoms with Crippen molar-refractivity contribution in [1.29, 1.82) is 0 Å². The lowest BCUT2D eigenvalue weighted by Gasteiger charge is -2.07. The van der Waals surface area contributed by atoms with Crippen LogP contribution in [0.1, 0.15) is 5.56 Å². The first kappa shape index (κ1) is 18.2. The summed E-state index contributed by atoms with van der Waals surface area (Å²) in [7, 11) is 7.79. The zero-order valence-electron chi connectivity index (χ0n) is 15.7. The number of imidazole rings is 1. The summed E-state index contributed by atoms with van der Waals surface area (Å²) < 4.78 is 14.4. The monoisotopic (exact) mass is 372 g/mol. The van der Waals surface area contributed by atoms with Crippen molar-refractivity contribution in [1.82, 2.24) is 18.7 Å². The van der Waals surface area contributed by atoms with Crippen molar-refractivity contribution >= 4 is 23.3 Å². The first-order chi connectivity index (χ1) is 12.9. The van der Waals surface area contributed by atoms with Gasteiger partial charge in [0.15, 0.2) is 22.7 Å². The maximum Gasteiger partial charge on any atom is 0.332 e. The molecule has 2 aromatic heterocycles. The van der Waals surface area contributed by atoms with E-state index in [2.05, 4.69) is 15.5 Å². The number of aromatic nitrogens is 4. The summed E-state index contributed by atoms with van der Waals surface area (Å²) in [4.78, 5) is 28.7. The molecule has 3 aromatic rings. The maximum absolute atomic E-state index is 12.4. The molecule has 0 unspecified atom stereocenters. The number of nitrogens with one attached hydrogen (secondary N) is 1. The summed E-state index contributed by atoms with van der Waals surface area (Å²) in [6.45, 7) is 0. The molecule has 10 nitrogen and oxygen atoms in total. The summed E-state index contributed by atoms with van der Waals surface area (Å²) >= 11 is 0. The van der Waals surface area contributed by atoms with Gasteiger partial charge in [-0.3, -0.25) is 13.9 Å². The molecule has 10 heteroatoms. The van der Waals surface area contributed by atoms with E-state index in [4.69, 9.17) is 9.47 Å². The Hall–Kier alpha value is -3.56. The van der Waals surface area contributed by atoms with Gasteiger partial charge in [-0.2, -0.15) is 10.1 Å². The molecule has 0 radical (unpaired) electrons. The third-order valence-electron chi connectivity index (χ3n) is 4.26. The van der Waals surface area contributed by atoms with Gasteiger partial charge in [0, 0.05) is 21.1 Å². The number of hydrogen-bond donors (Lipinski definition) is 1. The molecular weight excluding hydrogens is 352 g/mol. The molecule has 27 heavy (non-hydrogen) atoms. The molecule has 2 heterocycles. The average Bonchev–Trinajstić information content (AvgIpc) is 3.01. The molecule has 0 aliphatic carbocycles. The maximum atomic E-state index is 12.4. The van der Waals surface area contributed by atoms with E-state index >= 15 is 0 Å². The number of nitrogens with zero attached hydrogens (tertiary/aromatic N) is 5. The summed E-state index contributed by atoms with van der Waals surface area (Å²) in [6.07, 6.45) is 1.58. The highest BCUT2D eigenvalue weighted by Crippen LogP contribution is 2.26. The molecule has 0 saturated heterocycles. The summed E-state index contributed by atoms with van der Waals surface area (Å²) in [6, 6.07) is 5.37. The Morgan fingerprint density at radius 3 is 2.41 bits per heavy atom. The van der Waals surface area contributed by atoms with Crippen LogP contribution in [0.2, 0.25) is 0 Å². The fraction of sp³-hybridized carbons (Fsp3) is 0.294. The number of fused-ring (bicyclic) bond motifs is 1. The van der Waals surface area contributed by atoms with Gasteiger partial charge in [-0.1, -0.05) is 0 Å². The lowest BCUT2D eigenvalue weighted by molar-refractivity contribution is 0.355. The number of ether oxygens (including phenoxy) is 2. The van der Waals surface area contributed by atoms with Crippen LogP contribution < -0.4 is 26.1 Å². The predicted octanol–water partition coefficient (Wildman–Crippen LogP) is 0.434. The minimum Gasteiger partial charge on any atom is -0.493 e. The molecule has 1 N–H and O–H groups in total. The minimum atomic E-state index is -0.439. The van der Waals surface area contributed by atoms with Crippen LogP contribution in [0, 0.1) is 0 Å². The third-order valence-corrected chi connectivity index (χ3v) is 4.26. The highest BCUT2D eigenvalue weighted by molar-refractivity contribution is 5.81. The van der Waals surface area contributed by atoms with Crippen LogP contribution in [0.5, 0.6) is 11.5 Å². The molecule has 0 saturated carbocycles. The van der Waals surface area contributed by atoms with Crippen molar-refractivity contribution in [2.75, 3.05) is 19.6 Å². The number of aryl methyl sites for hydroxylation is 2. The minimum absolute atomic E-state index is 0.286. The van der Waals surface area contributed by atoms with Gasteiger partial charge in [-0.15, -0.1) is 0 Å². The molecular formula is C17H20N6O4. The number of hydrogen-bond acceptors (Lipinski definition) is 7.